The van der Waals surface area contributed by atoms with E-state index in [-0.39, 0.29) is 19.1 Å². The van der Waals surface area contributed by atoms with E-state index in [1.165, 1.54) is 7.11 Å². The summed E-state index contributed by atoms with van der Waals surface area (Å²) < 4.78 is 4.81. The summed E-state index contributed by atoms with van der Waals surface area (Å²) in [6.45, 7) is 2.11. The van der Waals surface area contributed by atoms with Crippen LogP contribution in [-0.4, -0.2) is 36.9 Å². The molecule has 106 valence electrons. The van der Waals surface area contributed by atoms with Crippen LogP contribution < -0.4 is 10.6 Å². The summed E-state index contributed by atoms with van der Waals surface area (Å²) in [5.74, 6) is -1.07. The van der Waals surface area contributed by atoms with Crippen molar-refractivity contribution >= 4 is 23.3 Å². The first-order valence-corrected chi connectivity index (χ1v) is 6.79. The molecule has 0 spiro atoms. The van der Waals surface area contributed by atoms with Crippen molar-refractivity contribution in [3.8, 4) is 0 Å². The van der Waals surface area contributed by atoms with Gasteiger partial charge >= 0.3 is 12.0 Å². The zero-order valence-electron chi connectivity index (χ0n) is 10.9. The van der Waals surface area contributed by atoms with Crippen molar-refractivity contribution in [1.82, 2.24) is 10.6 Å². The van der Waals surface area contributed by atoms with Crippen LogP contribution >= 0.6 is 11.3 Å². The van der Waals surface area contributed by atoms with E-state index in [9.17, 15) is 9.59 Å². The molecular weight excluding hydrogens is 268 g/mol. The Bertz CT molecular complexity index is 408. The summed E-state index contributed by atoms with van der Waals surface area (Å²) in [5, 5.41) is 17.9. The third-order valence-electron chi connectivity index (χ3n) is 2.60. The minimum absolute atomic E-state index is 0.164. The highest BCUT2D eigenvalue weighted by atomic mass is 32.1. The molecule has 6 nitrogen and oxygen atoms in total. The van der Waals surface area contributed by atoms with Crippen molar-refractivity contribution in [2.24, 2.45) is 0 Å². The molecule has 1 rings (SSSR count). The van der Waals surface area contributed by atoms with Crippen molar-refractivity contribution in [3.05, 3.63) is 22.4 Å². The number of ether oxygens (including phenoxy) is 1. The molecule has 0 aliphatic rings. The molecule has 0 bridgehead atoms. The lowest BCUT2D eigenvalue weighted by Crippen LogP contribution is -2.47. The smallest absolute Gasteiger partial charge is 0.326 e. The number of rotatable bonds is 7. The summed E-state index contributed by atoms with van der Waals surface area (Å²) in [6.07, 6.45) is 0.228. The highest BCUT2D eigenvalue weighted by molar-refractivity contribution is 7.07. The number of carboxylic acid groups (broad SMARTS) is 1. The minimum Gasteiger partial charge on any atom is -0.480 e. The average molecular weight is 286 g/mol. The largest absolute Gasteiger partial charge is 0.480 e. The monoisotopic (exact) mass is 286 g/mol. The van der Waals surface area contributed by atoms with Gasteiger partial charge in [0.2, 0.25) is 0 Å². The van der Waals surface area contributed by atoms with Crippen molar-refractivity contribution in [3.63, 3.8) is 0 Å². The third kappa shape index (κ3) is 5.27. The van der Waals surface area contributed by atoms with Crippen molar-refractivity contribution in [2.45, 2.75) is 25.4 Å². The van der Waals surface area contributed by atoms with Crippen LogP contribution in [0.1, 0.15) is 24.9 Å². The Labute approximate surface area is 115 Å². The first-order chi connectivity index (χ1) is 9.04. The number of amides is 2. The van der Waals surface area contributed by atoms with Gasteiger partial charge in [-0.25, -0.2) is 9.59 Å². The molecule has 0 aliphatic carbocycles. The van der Waals surface area contributed by atoms with Crippen LogP contribution in [0.2, 0.25) is 0 Å². The topological polar surface area (TPSA) is 87.7 Å². The zero-order chi connectivity index (χ0) is 14.3. The van der Waals surface area contributed by atoms with Crippen molar-refractivity contribution in [1.29, 1.82) is 0 Å². The predicted molar refractivity (Wildman–Crippen MR) is 72.3 cm³/mol. The van der Waals surface area contributed by atoms with Gasteiger partial charge in [-0.15, -0.1) is 0 Å². The number of methoxy groups -OCH3 is 1. The van der Waals surface area contributed by atoms with Gasteiger partial charge in [-0.2, -0.15) is 11.3 Å². The molecule has 0 aliphatic heterocycles. The van der Waals surface area contributed by atoms with Gasteiger partial charge in [0.25, 0.3) is 0 Å². The fourth-order valence-corrected chi connectivity index (χ4v) is 2.25. The van der Waals surface area contributed by atoms with Crippen molar-refractivity contribution in [2.75, 3.05) is 13.7 Å². The maximum Gasteiger partial charge on any atom is 0.326 e. The first-order valence-electron chi connectivity index (χ1n) is 5.85. The Morgan fingerprint density at radius 1 is 1.47 bits per heavy atom. The van der Waals surface area contributed by atoms with Gasteiger partial charge in [-0.1, -0.05) is 0 Å². The van der Waals surface area contributed by atoms with Crippen LogP contribution in [0.3, 0.4) is 0 Å². The van der Waals surface area contributed by atoms with Gasteiger partial charge in [0.1, 0.15) is 6.04 Å². The molecular formula is C12H18N2O4S. The number of urea groups is 1. The molecule has 1 heterocycles. The molecule has 0 fully saturated rings. The normalized spacial score (nSPS) is 13.6. The molecule has 1 aromatic rings. The van der Waals surface area contributed by atoms with Crippen LogP contribution in [0.25, 0.3) is 0 Å². The lowest BCUT2D eigenvalue weighted by molar-refractivity contribution is -0.139. The maximum atomic E-state index is 11.7. The summed E-state index contributed by atoms with van der Waals surface area (Å²) in [5.41, 5.74) is 0.990. The number of carbonyl (C=O) groups is 2. The number of carboxylic acids is 1. The fraction of sp³-hybridized carbons (Fsp3) is 0.500. The van der Waals surface area contributed by atoms with Gasteiger partial charge in [0.05, 0.1) is 6.04 Å². The van der Waals surface area contributed by atoms with Crippen LogP contribution in [0, 0.1) is 0 Å². The molecule has 2 unspecified atom stereocenters. The molecule has 2 amide bonds. The Kier molecular flexibility index (Phi) is 6.31. The van der Waals surface area contributed by atoms with E-state index in [4.69, 9.17) is 9.84 Å². The predicted octanol–water partition coefficient (Wildman–Crippen LogP) is 1.60. The van der Waals surface area contributed by atoms with Crippen LogP contribution in [-0.2, 0) is 9.53 Å². The summed E-state index contributed by atoms with van der Waals surface area (Å²) in [6, 6.07) is 0.301. The van der Waals surface area contributed by atoms with Crippen LogP contribution in [0.5, 0.6) is 0 Å². The van der Waals surface area contributed by atoms with E-state index >= 15 is 0 Å². The summed E-state index contributed by atoms with van der Waals surface area (Å²) in [7, 11) is 1.48. The van der Waals surface area contributed by atoms with Gasteiger partial charge in [-0.05, 0) is 29.3 Å². The molecule has 1 aromatic heterocycles. The fourth-order valence-electron chi connectivity index (χ4n) is 1.49. The number of aliphatic carboxylic acids is 1. The second-order valence-corrected chi connectivity index (χ2v) is 4.85. The van der Waals surface area contributed by atoms with Crippen molar-refractivity contribution < 1.29 is 19.4 Å². The highest BCUT2D eigenvalue weighted by Crippen LogP contribution is 2.15. The Balaban J connectivity index is 2.46. The molecule has 0 radical (unpaired) electrons. The Morgan fingerprint density at radius 2 is 2.21 bits per heavy atom. The van der Waals surface area contributed by atoms with E-state index in [1.807, 2.05) is 23.8 Å². The average Bonchev–Trinajstić information content (AvgIpc) is 2.87. The standard InChI is InChI=1S/C12H18N2O4S/c1-8(9-4-6-19-7-9)13-12(17)14-10(11(15)16)3-5-18-2/h4,6-8,10H,3,5H2,1-2H3,(H,15,16)(H2,13,14,17). The Morgan fingerprint density at radius 3 is 2.74 bits per heavy atom. The van der Waals surface area contributed by atoms with E-state index in [1.54, 1.807) is 11.3 Å². The number of nitrogens with one attached hydrogen (secondary N) is 2. The molecule has 0 aromatic carbocycles. The zero-order valence-corrected chi connectivity index (χ0v) is 11.7. The second kappa shape index (κ2) is 7.75. The van der Waals surface area contributed by atoms with Gasteiger partial charge < -0.3 is 20.5 Å². The van der Waals surface area contributed by atoms with Crippen LogP contribution in [0.4, 0.5) is 4.79 Å². The lowest BCUT2D eigenvalue weighted by Gasteiger charge is -2.17. The molecule has 7 heteroatoms. The highest BCUT2D eigenvalue weighted by Gasteiger charge is 2.20. The SMILES string of the molecule is COCCC(NC(=O)NC(C)c1ccsc1)C(=O)O. The van der Waals surface area contributed by atoms with Gasteiger partial charge in [-0.3, -0.25) is 0 Å². The van der Waals surface area contributed by atoms with E-state index < -0.39 is 18.0 Å². The number of hydrogen-bond acceptors (Lipinski definition) is 4. The number of thiophene rings is 1. The molecule has 0 saturated carbocycles. The first kappa shape index (κ1) is 15.5. The maximum absolute atomic E-state index is 11.7. The van der Waals surface area contributed by atoms with E-state index in [0.717, 1.165) is 5.56 Å². The van der Waals surface area contributed by atoms with E-state index in [0.29, 0.717) is 0 Å². The van der Waals surface area contributed by atoms with Crippen LogP contribution in [0.15, 0.2) is 16.8 Å². The number of hydrogen-bond donors (Lipinski definition) is 3. The lowest BCUT2D eigenvalue weighted by atomic mass is 10.2. The molecule has 3 N–H and O–H groups in total. The van der Waals surface area contributed by atoms with Gasteiger partial charge in [0.15, 0.2) is 0 Å². The molecule has 0 saturated heterocycles. The van der Waals surface area contributed by atoms with E-state index in [2.05, 4.69) is 10.6 Å². The third-order valence-corrected chi connectivity index (χ3v) is 3.31. The van der Waals surface area contributed by atoms with Gasteiger partial charge in [0, 0.05) is 20.1 Å². The number of carbonyl (C=O) groups excluding carboxylic acids is 1. The second-order valence-electron chi connectivity index (χ2n) is 4.07. The summed E-state index contributed by atoms with van der Waals surface area (Å²) >= 11 is 1.54. The minimum atomic E-state index is -1.07. The molecule has 19 heavy (non-hydrogen) atoms. The Hall–Kier alpha value is -1.60. The molecule has 2 atom stereocenters. The quantitative estimate of drug-likeness (QED) is 0.710. The summed E-state index contributed by atoms with van der Waals surface area (Å²) in [4.78, 5) is 22.7.